The molecule has 3 rings (SSSR count). The molecular formula is C23H31N5O6S. The maximum absolute atomic E-state index is 13.3. The van der Waals surface area contributed by atoms with Crippen molar-refractivity contribution in [2.75, 3.05) is 6.54 Å². The third-order valence-electron chi connectivity index (χ3n) is 5.48. The summed E-state index contributed by atoms with van der Waals surface area (Å²) in [5.74, 6) is -1.14. The SMILES string of the molecule is Cc1ccc(S(=O)(=O)n2cnc(C[C@H](NC(=O)OC(C)(C)C)C(=O)N3CCC[C@H]3C(N)=O)c2)cc1. The Kier molecular flexibility index (Phi) is 7.53. The number of rotatable bonds is 7. The van der Waals surface area contributed by atoms with Crippen LogP contribution < -0.4 is 11.1 Å². The molecule has 1 aliphatic rings. The molecule has 1 fully saturated rings. The third-order valence-corrected chi connectivity index (χ3v) is 7.10. The van der Waals surface area contributed by atoms with Crippen molar-refractivity contribution in [3.8, 4) is 0 Å². The number of likely N-dealkylation sites (tertiary alicyclic amines) is 1. The highest BCUT2D eigenvalue weighted by Gasteiger charge is 2.37. The predicted molar refractivity (Wildman–Crippen MR) is 127 cm³/mol. The molecule has 1 saturated heterocycles. The monoisotopic (exact) mass is 505 g/mol. The van der Waals surface area contributed by atoms with E-state index in [9.17, 15) is 22.8 Å². The van der Waals surface area contributed by atoms with Crippen LogP contribution in [-0.4, -0.2) is 64.4 Å². The molecule has 3 amide bonds. The lowest BCUT2D eigenvalue weighted by Crippen LogP contribution is -2.54. The molecule has 2 aromatic rings. The van der Waals surface area contributed by atoms with Gasteiger partial charge in [0, 0.05) is 19.2 Å². The number of carbonyl (C=O) groups excluding carboxylic acids is 3. The van der Waals surface area contributed by atoms with Crippen molar-refractivity contribution in [1.82, 2.24) is 19.2 Å². The van der Waals surface area contributed by atoms with E-state index in [4.69, 9.17) is 10.5 Å². The molecule has 1 aromatic carbocycles. The van der Waals surface area contributed by atoms with Gasteiger partial charge in [0.1, 0.15) is 24.0 Å². The number of benzene rings is 1. The van der Waals surface area contributed by atoms with Gasteiger partial charge in [-0.3, -0.25) is 9.59 Å². The van der Waals surface area contributed by atoms with Crippen LogP contribution in [0.5, 0.6) is 0 Å². The van der Waals surface area contributed by atoms with E-state index in [1.54, 1.807) is 32.9 Å². The number of aromatic nitrogens is 2. The molecular weight excluding hydrogens is 474 g/mol. The van der Waals surface area contributed by atoms with Crippen LogP contribution in [0.2, 0.25) is 0 Å². The molecule has 1 aromatic heterocycles. The lowest BCUT2D eigenvalue weighted by Gasteiger charge is -2.28. The number of hydrogen-bond donors (Lipinski definition) is 2. The fraction of sp³-hybridized carbons (Fsp3) is 0.478. The minimum Gasteiger partial charge on any atom is -0.444 e. The van der Waals surface area contributed by atoms with Crippen molar-refractivity contribution < 1.29 is 27.5 Å². The van der Waals surface area contributed by atoms with Crippen LogP contribution in [0.15, 0.2) is 41.7 Å². The van der Waals surface area contributed by atoms with Crippen LogP contribution in [0.4, 0.5) is 4.79 Å². The molecule has 0 aliphatic carbocycles. The van der Waals surface area contributed by atoms with Gasteiger partial charge in [-0.25, -0.2) is 22.2 Å². The molecule has 0 radical (unpaired) electrons. The number of carbonyl (C=O) groups is 3. The molecule has 0 unspecified atom stereocenters. The number of aryl methyl sites for hydroxylation is 1. The average molecular weight is 506 g/mol. The summed E-state index contributed by atoms with van der Waals surface area (Å²) in [6.07, 6.45) is 2.53. The van der Waals surface area contributed by atoms with E-state index in [-0.39, 0.29) is 17.0 Å². The number of nitrogens with zero attached hydrogens (tertiary/aromatic N) is 3. The molecule has 12 heteroatoms. The number of alkyl carbamates (subject to hydrolysis) is 1. The standard InChI is InChI=1S/C23H31N5O6S/c1-15-7-9-17(10-8-15)35(32,33)27-13-16(25-14-27)12-18(26-22(31)34-23(2,3)4)21(30)28-11-5-6-19(28)20(24)29/h7-10,13-14,18-19H,5-6,11-12H2,1-4H3,(H2,24,29)(H,26,31)/t18-,19-/m0/s1. The Bertz CT molecular complexity index is 1200. The first kappa shape index (κ1) is 26.2. The van der Waals surface area contributed by atoms with Gasteiger partial charge in [0.25, 0.3) is 10.0 Å². The molecule has 3 N–H and O–H groups in total. The van der Waals surface area contributed by atoms with Gasteiger partial charge in [0.05, 0.1) is 10.6 Å². The molecule has 190 valence electrons. The van der Waals surface area contributed by atoms with Gasteiger partial charge < -0.3 is 20.7 Å². The second-order valence-electron chi connectivity index (χ2n) is 9.51. The van der Waals surface area contributed by atoms with Gasteiger partial charge in [-0.2, -0.15) is 0 Å². The van der Waals surface area contributed by atoms with Crippen LogP contribution in [0, 0.1) is 6.92 Å². The number of ether oxygens (including phenoxy) is 1. The highest BCUT2D eigenvalue weighted by molar-refractivity contribution is 7.90. The van der Waals surface area contributed by atoms with Gasteiger partial charge in [-0.1, -0.05) is 17.7 Å². The Morgan fingerprint density at radius 2 is 1.89 bits per heavy atom. The second kappa shape index (κ2) is 10.1. The Hall–Kier alpha value is -3.41. The zero-order chi connectivity index (χ0) is 26.0. The highest BCUT2D eigenvalue weighted by atomic mass is 32.2. The Labute approximate surface area is 204 Å². The lowest BCUT2D eigenvalue weighted by atomic mass is 10.1. The minimum absolute atomic E-state index is 0.0907. The summed E-state index contributed by atoms with van der Waals surface area (Å²) in [4.78, 5) is 43.2. The predicted octanol–water partition coefficient (Wildman–Crippen LogP) is 1.34. The zero-order valence-corrected chi connectivity index (χ0v) is 21.0. The first-order valence-electron chi connectivity index (χ1n) is 11.2. The third kappa shape index (κ3) is 6.38. The van der Waals surface area contributed by atoms with Crippen molar-refractivity contribution in [1.29, 1.82) is 0 Å². The number of imidazole rings is 1. The molecule has 0 bridgehead atoms. The van der Waals surface area contributed by atoms with Gasteiger partial charge in [0.2, 0.25) is 11.8 Å². The van der Waals surface area contributed by atoms with Crippen molar-refractivity contribution in [2.45, 2.75) is 69.5 Å². The van der Waals surface area contributed by atoms with E-state index in [1.165, 1.54) is 23.2 Å². The summed E-state index contributed by atoms with van der Waals surface area (Å²) >= 11 is 0. The van der Waals surface area contributed by atoms with Crippen LogP contribution in [0.3, 0.4) is 0 Å². The topological polar surface area (TPSA) is 154 Å². The van der Waals surface area contributed by atoms with Crippen molar-refractivity contribution in [2.24, 2.45) is 5.73 Å². The fourth-order valence-corrected chi connectivity index (χ4v) is 4.95. The summed E-state index contributed by atoms with van der Waals surface area (Å²) in [5, 5.41) is 2.54. The Morgan fingerprint density at radius 1 is 1.23 bits per heavy atom. The maximum Gasteiger partial charge on any atom is 0.408 e. The number of primary amides is 1. The molecule has 35 heavy (non-hydrogen) atoms. The first-order valence-corrected chi connectivity index (χ1v) is 12.7. The fourth-order valence-electron chi connectivity index (χ4n) is 3.80. The summed E-state index contributed by atoms with van der Waals surface area (Å²) in [6.45, 7) is 7.22. The quantitative estimate of drug-likeness (QED) is 0.575. The molecule has 0 spiro atoms. The number of nitrogens with two attached hydrogens (primary N) is 1. The van der Waals surface area contributed by atoms with Gasteiger partial charge in [0.15, 0.2) is 0 Å². The average Bonchev–Trinajstić information content (AvgIpc) is 3.42. The summed E-state index contributed by atoms with van der Waals surface area (Å²) < 4.78 is 32.1. The number of amides is 3. The Morgan fingerprint density at radius 3 is 2.49 bits per heavy atom. The Balaban J connectivity index is 1.85. The molecule has 1 aliphatic heterocycles. The minimum atomic E-state index is -3.89. The van der Waals surface area contributed by atoms with Crippen LogP contribution >= 0.6 is 0 Å². The summed E-state index contributed by atoms with van der Waals surface area (Å²) in [6, 6.07) is 4.46. The van der Waals surface area contributed by atoms with Crippen LogP contribution in [0.1, 0.15) is 44.9 Å². The van der Waals surface area contributed by atoms with E-state index in [0.717, 1.165) is 15.9 Å². The van der Waals surface area contributed by atoms with E-state index < -0.39 is 45.6 Å². The summed E-state index contributed by atoms with van der Waals surface area (Å²) in [5.41, 5.74) is 5.82. The van der Waals surface area contributed by atoms with Crippen molar-refractivity contribution in [3.63, 3.8) is 0 Å². The van der Waals surface area contributed by atoms with Crippen LogP contribution in [-0.2, 0) is 30.8 Å². The number of nitrogens with one attached hydrogen (secondary N) is 1. The van der Waals surface area contributed by atoms with Gasteiger partial charge in [-0.05, 0) is 52.7 Å². The lowest BCUT2D eigenvalue weighted by molar-refractivity contribution is -0.139. The van der Waals surface area contributed by atoms with Gasteiger partial charge >= 0.3 is 6.09 Å². The second-order valence-corrected chi connectivity index (χ2v) is 11.4. The smallest absolute Gasteiger partial charge is 0.408 e. The summed E-state index contributed by atoms with van der Waals surface area (Å²) in [7, 11) is -3.89. The van der Waals surface area contributed by atoms with Crippen molar-refractivity contribution in [3.05, 3.63) is 48.0 Å². The normalized spacial score (nSPS) is 17.1. The number of hydrogen-bond acceptors (Lipinski definition) is 7. The molecule has 2 heterocycles. The van der Waals surface area contributed by atoms with Crippen molar-refractivity contribution >= 4 is 27.9 Å². The van der Waals surface area contributed by atoms with Gasteiger partial charge in [-0.15, -0.1) is 0 Å². The first-order chi connectivity index (χ1) is 16.3. The molecule has 0 saturated carbocycles. The van der Waals surface area contributed by atoms with E-state index in [2.05, 4.69) is 10.3 Å². The van der Waals surface area contributed by atoms with Crippen LogP contribution in [0.25, 0.3) is 0 Å². The molecule has 2 atom stereocenters. The molecule has 11 nitrogen and oxygen atoms in total. The largest absolute Gasteiger partial charge is 0.444 e. The van der Waals surface area contributed by atoms with E-state index >= 15 is 0 Å². The van der Waals surface area contributed by atoms with E-state index in [0.29, 0.717) is 19.4 Å². The maximum atomic E-state index is 13.3. The highest BCUT2D eigenvalue weighted by Crippen LogP contribution is 2.20. The zero-order valence-electron chi connectivity index (χ0n) is 20.2. The van der Waals surface area contributed by atoms with E-state index in [1.807, 2.05) is 6.92 Å².